The average molecular weight is 430 g/mol. The average Bonchev–Trinajstić information content (AvgIpc) is 2.93. The van der Waals surface area contributed by atoms with Gasteiger partial charge in [-0.2, -0.15) is 13.2 Å². The van der Waals surface area contributed by atoms with Crippen LogP contribution >= 0.6 is 0 Å². The third-order valence-corrected chi connectivity index (χ3v) is 5.98. The van der Waals surface area contributed by atoms with Crippen molar-refractivity contribution in [2.75, 3.05) is 19.7 Å². The van der Waals surface area contributed by atoms with Gasteiger partial charge in [0.05, 0.1) is 17.6 Å². The second-order valence-electron chi connectivity index (χ2n) is 7.79. The van der Waals surface area contributed by atoms with E-state index in [2.05, 4.69) is 0 Å². The lowest BCUT2D eigenvalue weighted by Crippen LogP contribution is -2.34. The fourth-order valence-electron chi connectivity index (χ4n) is 4.58. The number of fused-ring (bicyclic) bond motifs is 3. The zero-order chi connectivity index (χ0) is 21.6. The number of carbonyl (C=O) groups is 1. The van der Waals surface area contributed by atoms with E-state index in [1.54, 1.807) is 4.90 Å². The van der Waals surface area contributed by atoms with Crippen molar-refractivity contribution in [3.05, 3.63) is 64.8 Å². The van der Waals surface area contributed by atoms with Crippen molar-refractivity contribution in [1.82, 2.24) is 9.47 Å². The van der Waals surface area contributed by atoms with Crippen LogP contribution in [0.3, 0.4) is 0 Å². The van der Waals surface area contributed by atoms with Crippen LogP contribution in [0.4, 0.5) is 18.0 Å². The van der Waals surface area contributed by atoms with Crippen LogP contribution in [0.15, 0.2) is 42.5 Å². The molecule has 5 nitrogen and oxygen atoms in total. The third kappa shape index (κ3) is 3.49. The fourth-order valence-corrected chi connectivity index (χ4v) is 4.58. The zero-order valence-electron chi connectivity index (χ0n) is 16.7. The Labute approximate surface area is 177 Å². The molecule has 0 aliphatic carbocycles. The predicted octanol–water partition coefficient (Wildman–Crippen LogP) is 4.79. The Balaban J connectivity index is 1.44. The van der Waals surface area contributed by atoms with Gasteiger partial charge in [-0.1, -0.05) is 30.3 Å². The van der Waals surface area contributed by atoms with Crippen LogP contribution in [0, 0.1) is 0 Å². The van der Waals surface area contributed by atoms with E-state index in [1.807, 2.05) is 34.9 Å². The minimum absolute atomic E-state index is 0.164. The van der Waals surface area contributed by atoms with Gasteiger partial charge in [-0.05, 0) is 29.7 Å². The molecular weight excluding hydrogens is 409 g/mol. The van der Waals surface area contributed by atoms with E-state index in [9.17, 15) is 18.0 Å². The van der Waals surface area contributed by atoms with Crippen LogP contribution in [0.1, 0.15) is 22.4 Å². The smallest absolute Gasteiger partial charge is 0.417 e. The molecule has 2 aliphatic heterocycles. The van der Waals surface area contributed by atoms with Crippen LogP contribution in [0.5, 0.6) is 5.75 Å². The Morgan fingerprint density at radius 1 is 1.03 bits per heavy atom. The van der Waals surface area contributed by atoms with Crippen LogP contribution in [0.2, 0.25) is 0 Å². The number of hydrogen-bond acceptors (Lipinski definition) is 3. The molecule has 3 aromatic rings. The van der Waals surface area contributed by atoms with Gasteiger partial charge in [0.15, 0.2) is 0 Å². The van der Waals surface area contributed by atoms with Crippen molar-refractivity contribution in [2.45, 2.75) is 32.2 Å². The highest BCUT2D eigenvalue weighted by atomic mass is 19.4. The summed E-state index contributed by atoms with van der Waals surface area (Å²) in [6.07, 6.45) is -4.10. The van der Waals surface area contributed by atoms with Crippen LogP contribution < -0.4 is 4.74 Å². The van der Waals surface area contributed by atoms with E-state index in [0.717, 1.165) is 17.3 Å². The van der Waals surface area contributed by atoms with Gasteiger partial charge in [-0.15, -0.1) is 0 Å². The summed E-state index contributed by atoms with van der Waals surface area (Å²) in [5.41, 5.74) is 2.27. The molecule has 3 heterocycles. The Hall–Kier alpha value is -3.16. The second kappa shape index (κ2) is 7.51. The molecule has 1 amide bonds. The maximum atomic E-state index is 13.8. The van der Waals surface area contributed by atoms with E-state index >= 15 is 0 Å². The number of nitrogens with zero attached hydrogens (tertiary/aromatic N) is 2. The van der Waals surface area contributed by atoms with Crippen LogP contribution in [-0.2, 0) is 36.9 Å². The van der Waals surface area contributed by atoms with Gasteiger partial charge in [0.2, 0.25) is 0 Å². The number of halogens is 3. The molecule has 0 spiro atoms. The van der Waals surface area contributed by atoms with E-state index in [1.165, 1.54) is 6.07 Å². The largest absolute Gasteiger partial charge is 0.490 e. The summed E-state index contributed by atoms with van der Waals surface area (Å²) in [5.74, 6) is 0.487. The summed E-state index contributed by atoms with van der Waals surface area (Å²) in [7, 11) is 0. The molecule has 0 atom stereocenters. The number of hydrogen-bond donors (Lipinski definition) is 0. The van der Waals surface area contributed by atoms with Crippen molar-refractivity contribution < 1.29 is 27.4 Å². The van der Waals surface area contributed by atoms with Crippen LogP contribution in [-0.4, -0.2) is 35.3 Å². The lowest BCUT2D eigenvalue weighted by molar-refractivity contribution is -0.136. The fraction of sp³-hybridized carbons (Fsp3) is 0.348. The summed E-state index contributed by atoms with van der Waals surface area (Å²) in [6.45, 7) is 1.78. The zero-order valence-corrected chi connectivity index (χ0v) is 16.7. The lowest BCUT2D eigenvalue weighted by Gasteiger charge is -2.22. The molecule has 0 bridgehead atoms. The minimum Gasteiger partial charge on any atom is -0.490 e. The second-order valence-corrected chi connectivity index (χ2v) is 7.79. The molecule has 0 unspecified atom stereocenters. The first-order valence-electron chi connectivity index (χ1n) is 10.3. The van der Waals surface area contributed by atoms with Gasteiger partial charge in [0.25, 0.3) is 0 Å². The first-order chi connectivity index (χ1) is 14.9. The maximum absolute atomic E-state index is 13.8. The highest BCUT2D eigenvalue weighted by Crippen LogP contribution is 2.44. The number of aromatic nitrogens is 1. The Kier molecular flexibility index (Phi) is 4.79. The summed E-state index contributed by atoms with van der Waals surface area (Å²) in [5, 5.41) is 0.208. The van der Waals surface area contributed by atoms with Crippen LogP contribution in [0.25, 0.3) is 10.9 Å². The SMILES string of the molecule is O=C(OCc1ccccc1)N1CCc2c(n3c4c(ccc(C(F)(F)F)c24)OCC3)CC1. The standard InChI is InChI=1S/C23H21F3N2O3/c24-23(25,26)17-6-7-19-21-20(17)16-8-10-27(11-9-18(16)28(21)12-13-30-19)22(29)31-14-15-4-2-1-3-5-15/h1-7H,8-14H2. The van der Waals surface area contributed by atoms with Gasteiger partial charge in [-0.3, -0.25) is 0 Å². The molecule has 0 N–H and O–H groups in total. The Bertz CT molecular complexity index is 1140. The topological polar surface area (TPSA) is 43.7 Å². The molecule has 162 valence electrons. The molecule has 0 saturated heterocycles. The number of benzene rings is 2. The van der Waals surface area contributed by atoms with Crippen molar-refractivity contribution in [3.8, 4) is 5.75 Å². The molecule has 8 heteroatoms. The van der Waals surface area contributed by atoms with E-state index in [0.29, 0.717) is 55.9 Å². The van der Waals surface area contributed by atoms with Gasteiger partial charge in [0, 0.05) is 30.6 Å². The van der Waals surface area contributed by atoms with Gasteiger partial charge >= 0.3 is 12.3 Å². The first-order valence-corrected chi connectivity index (χ1v) is 10.3. The molecule has 2 aliphatic rings. The van der Waals surface area contributed by atoms with Crippen molar-refractivity contribution in [3.63, 3.8) is 0 Å². The molecule has 0 radical (unpaired) electrons. The molecule has 2 aromatic carbocycles. The minimum atomic E-state index is -4.46. The lowest BCUT2D eigenvalue weighted by atomic mass is 10.0. The summed E-state index contributed by atoms with van der Waals surface area (Å²) in [4.78, 5) is 14.2. The highest BCUT2D eigenvalue weighted by Gasteiger charge is 2.37. The summed E-state index contributed by atoms with van der Waals surface area (Å²) < 4.78 is 54.4. The molecule has 1 aromatic heterocycles. The van der Waals surface area contributed by atoms with Crippen molar-refractivity contribution in [1.29, 1.82) is 0 Å². The molecule has 31 heavy (non-hydrogen) atoms. The highest BCUT2D eigenvalue weighted by molar-refractivity contribution is 5.94. The predicted molar refractivity (Wildman–Crippen MR) is 108 cm³/mol. The number of rotatable bonds is 2. The van der Waals surface area contributed by atoms with Gasteiger partial charge in [0.1, 0.15) is 19.0 Å². The quantitative estimate of drug-likeness (QED) is 0.587. The van der Waals surface area contributed by atoms with Gasteiger partial charge in [-0.25, -0.2) is 4.79 Å². The van der Waals surface area contributed by atoms with E-state index in [4.69, 9.17) is 9.47 Å². The molecule has 0 fully saturated rings. The summed E-state index contributed by atoms with van der Waals surface area (Å²) in [6, 6.07) is 11.9. The number of alkyl halides is 3. The number of amides is 1. The monoisotopic (exact) mass is 430 g/mol. The van der Waals surface area contributed by atoms with Crippen molar-refractivity contribution >= 4 is 17.0 Å². The van der Waals surface area contributed by atoms with E-state index in [-0.39, 0.29) is 12.0 Å². The maximum Gasteiger partial charge on any atom is 0.417 e. The third-order valence-electron chi connectivity index (χ3n) is 5.98. The Morgan fingerprint density at radius 2 is 1.81 bits per heavy atom. The molecular formula is C23H21F3N2O3. The Morgan fingerprint density at radius 3 is 2.58 bits per heavy atom. The van der Waals surface area contributed by atoms with Crippen molar-refractivity contribution in [2.24, 2.45) is 0 Å². The van der Waals surface area contributed by atoms with Gasteiger partial charge < -0.3 is 18.9 Å². The molecule has 5 rings (SSSR count). The molecule has 0 saturated carbocycles. The van der Waals surface area contributed by atoms with E-state index < -0.39 is 17.8 Å². The number of ether oxygens (including phenoxy) is 2. The first kappa shape index (κ1) is 19.8. The number of carbonyl (C=O) groups excluding carboxylic acids is 1. The summed E-state index contributed by atoms with van der Waals surface area (Å²) >= 11 is 0. The normalized spacial score (nSPS) is 15.9.